The van der Waals surface area contributed by atoms with Crippen molar-refractivity contribution in [1.29, 1.82) is 5.41 Å². The Morgan fingerprint density at radius 3 is 2.57 bits per heavy atom. The maximum Gasteiger partial charge on any atom is 0.152 e. The number of rotatable bonds is 7. The van der Waals surface area contributed by atoms with Crippen LogP contribution in [0.25, 0.3) is 0 Å². The SMILES string of the molecule is CC[NH2+]/C(C)=C(\C=N)CN1CCN(c2cccnc2N2CCC(O)CC2)CC1. The summed E-state index contributed by atoms with van der Waals surface area (Å²) in [5.74, 6) is 1.05. The van der Waals surface area contributed by atoms with E-state index in [1.54, 1.807) is 0 Å². The van der Waals surface area contributed by atoms with Crippen LogP contribution < -0.4 is 15.1 Å². The van der Waals surface area contributed by atoms with Crippen molar-refractivity contribution in [3.05, 3.63) is 29.6 Å². The van der Waals surface area contributed by atoms with Gasteiger partial charge < -0.3 is 25.6 Å². The van der Waals surface area contributed by atoms with Crippen LogP contribution in [0.3, 0.4) is 0 Å². The molecule has 3 heterocycles. The normalized spacial score (nSPS) is 20.2. The van der Waals surface area contributed by atoms with E-state index in [-0.39, 0.29) is 6.10 Å². The fraction of sp³-hybridized carbons (Fsp3) is 0.619. The van der Waals surface area contributed by atoms with Crippen LogP contribution in [0.5, 0.6) is 0 Å². The van der Waals surface area contributed by atoms with Gasteiger partial charge >= 0.3 is 0 Å². The van der Waals surface area contributed by atoms with Gasteiger partial charge in [-0.1, -0.05) is 0 Å². The van der Waals surface area contributed by atoms with Crippen molar-refractivity contribution in [1.82, 2.24) is 9.88 Å². The second-order valence-electron chi connectivity index (χ2n) is 7.79. The number of aliphatic hydroxyl groups excluding tert-OH is 1. The minimum Gasteiger partial charge on any atom is -0.393 e. The third kappa shape index (κ3) is 5.10. The first-order valence-electron chi connectivity index (χ1n) is 10.5. The van der Waals surface area contributed by atoms with E-state index in [4.69, 9.17) is 5.41 Å². The Morgan fingerprint density at radius 2 is 1.93 bits per heavy atom. The molecule has 7 nitrogen and oxygen atoms in total. The lowest BCUT2D eigenvalue weighted by molar-refractivity contribution is -0.603. The molecule has 0 spiro atoms. The summed E-state index contributed by atoms with van der Waals surface area (Å²) in [5, 5.41) is 19.7. The van der Waals surface area contributed by atoms with E-state index in [0.717, 1.165) is 76.6 Å². The van der Waals surface area contributed by atoms with Crippen molar-refractivity contribution in [2.24, 2.45) is 0 Å². The number of aromatic nitrogens is 1. The fourth-order valence-corrected chi connectivity index (χ4v) is 4.07. The van der Waals surface area contributed by atoms with Gasteiger partial charge in [0, 0.05) is 70.7 Å². The molecule has 2 fully saturated rings. The third-order valence-corrected chi connectivity index (χ3v) is 5.83. The molecule has 0 radical (unpaired) electrons. The van der Waals surface area contributed by atoms with Gasteiger partial charge in [0.1, 0.15) is 5.70 Å². The topological polar surface area (TPSA) is 83.3 Å². The number of nitrogens with zero attached hydrogens (tertiary/aromatic N) is 4. The first-order valence-corrected chi connectivity index (χ1v) is 10.5. The van der Waals surface area contributed by atoms with Crippen LogP contribution in [-0.2, 0) is 0 Å². The molecule has 0 aromatic carbocycles. The van der Waals surface area contributed by atoms with E-state index >= 15 is 0 Å². The lowest BCUT2D eigenvalue weighted by atomic mass is 10.1. The zero-order valence-corrected chi connectivity index (χ0v) is 17.3. The summed E-state index contributed by atoms with van der Waals surface area (Å²) in [6, 6.07) is 4.19. The lowest BCUT2D eigenvalue weighted by Gasteiger charge is -2.39. The average molecular weight is 388 g/mol. The lowest BCUT2D eigenvalue weighted by Crippen LogP contribution is -2.81. The first kappa shape index (κ1) is 20.8. The van der Waals surface area contributed by atoms with E-state index < -0.39 is 0 Å². The number of anilines is 2. The van der Waals surface area contributed by atoms with Gasteiger partial charge in [-0.25, -0.2) is 4.98 Å². The Hall–Kier alpha value is -1.96. The van der Waals surface area contributed by atoms with Crippen molar-refractivity contribution in [3.63, 3.8) is 0 Å². The molecule has 0 atom stereocenters. The predicted octanol–water partition coefficient (Wildman–Crippen LogP) is 0.672. The minimum absolute atomic E-state index is 0.170. The fourth-order valence-electron chi connectivity index (χ4n) is 4.07. The highest BCUT2D eigenvalue weighted by Gasteiger charge is 2.25. The van der Waals surface area contributed by atoms with Crippen molar-refractivity contribution in [2.75, 3.05) is 62.2 Å². The molecule has 154 valence electrons. The molecule has 7 heteroatoms. The number of nitrogens with two attached hydrogens (primary N) is 1. The zero-order valence-electron chi connectivity index (χ0n) is 17.3. The van der Waals surface area contributed by atoms with E-state index in [0.29, 0.717) is 0 Å². The number of hydrogen-bond acceptors (Lipinski definition) is 6. The van der Waals surface area contributed by atoms with Crippen LogP contribution in [0, 0.1) is 5.41 Å². The third-order valence-electron chi connectivity index (χ3n) is 5.83. The van der Waals surface area contributed by atoms with Crippen molar-refractivity contribution in [2.45, 2.75) is 32.8 Å². The maximum atomic E-state index is 9.80. The Morgan fingerprint density at radius 1 is 1.21 bits per heavy atom. The monoisotopic (exact) mass is 387 g/mol. The molecule has 3 rings (SSSR count). The molecule has 4 N–H and O–H groups in total. The van der Waals surface area contributed by atoms with Crippen LogP contribution in [0.4, 0.5) is 11.5 Å². The highest BCUT2D eigenvalue weighted by molar-refractivity contribution is 5.76. The second kappa shape index (κ2) is 10.0. The van der Waals surface area contributed by atoms with Gasteiger partial charge in [0.2, 0.25) is 0 Å². The molecule has 0 unspecified atom stereocenters. The molecule has 2 aliphatic heterocycles. The van der Waals surface area contributed by atoms with Crippen LogP contribution >= 0.6 is 0 Å². The van der Waals surface area contributed by atoms with Crippen molar-refractivity contribution >= 4 is 17.7 Å². The summed E-state index contributed by atoms with van der Waals surface area (Å²) in [6.45, 7) is 11.8. The molecule has 0 amide bonds. The van der Waals surface area contributed by atoms with Crippen LogP contribution in [-0.4, -0.2) is 79.7 Å². The molecule has 1 aromatic rings. The minimum atomic E-state index is -0.170. The molecule has 0 saturated carbocycles. The molecule has 1 aromatic heterocycles. The molecule has 0 aliphatic carbocycles. The first-order chi connectivity index (χ1) is 13.6. The summed E-state index contributed by atoms with van der Waals surface area (Å²) in [4.78, 5) is 11.9. The molecular formula is C21H35N6O+. The van der Waals surface area contributed by atoms with E-state index in [1.807, 2.05) is 12.3 Å². The smallest absolute Gasteiger partial charge is 0.152 e. The number of piperidine rings is 1. The van der Waals surface area contributed by atoms with Gasteiger partial charge in [-0.2, -0.15) is 0 Å². The number of quaternary nitrogens is 1. The Bertz CT molecular complexity index is 675. The Balaban J connectivity index is 1.62. The predicted molar refractivity (Wildman–Crippen MR) is 114 cm³/mol. The van der Waals surface area contributed by atoms with Crippen LogP contribution in [0.15, 0.2) is 29.6 Å². The molecular weight excluding hydrogens is 352 g/mol. The van der Waals surface area contributed by atoms with E-state index in [1.165, 1.54) is 17.6 Å². The van der Waals surface area contributed by atoms with Gasteiger partial charge in [-0.3, -0.25) is 4.90 Å². The summed E-state index contributed by atoms with van der Waals surface area (Å²) in [5.41, 5.74) is 3.54. The number of piperazine rings is 1. The Labute approximate surface area is 168 Å². The van der Waals surface area contributed by atoms with Gasteiger partial charge in [0.15, 0.2) is 5.82 Å². The average Bonchev–Trinajstić information content (AvgIpc) is 2.73. The molecule has 2 aliphatic rings. The Kier molecular flexibility index (Phi) is 7.42. The van der Waals surface area contributed by atoms with Crippen molar-refractivity contribution in [3.8, 4) is 0 Å². The van der Waals surface area contributed by atoms with Gasteiger partial charge in [-0.15, -0.1) is 0 Å². The van der Waals surface area contributed by atoms with Gasteiger partial charge in [-0.05, 0) is 31.9 Å². The standard InChI is InChI=1S/C21H34N6O/c1-3-23-17(2)18(15-22)16-25-11-13-26(14-12-25)20-5-4-8-24-21(20)27-9-6-19(28)7-10-27/h4-5,8,15,19,22-23,28H,3,6-7,9-14,16H2,1-2H3/p+1/b18-17+,22-15?. The number of hydrogen-bond donors (Lipinski definition) is 3. The highest BCUT2D eigenvalue weighted by atomic mass is 16.3. The van der Waals surface area contributed by atoms with Gasteiger partial charge in [0.05, 0.1) is 18.3 Å². The van der Waals surface area contributed by atoms with E-state index in [9.17, 15) is 5.11 Å². The summed E-state index contributed by atoms with van der Waals surface area (Å²) >= 11 is 0. The number of nitrogens with one attached hydrogen (secondary N) is 1. The zero-order chi connectivity index (χ0) is 19.9. The van der Waals surface area contributed by atoms with Crippen LogP contribution in [0.2, 0.25) is 0 Å². The number of aliphatic hydroxyl groups is 1. The molecule has 28 heavy (non-hydrogen) atoms. The van der Waals surface area contributed by atoms with Gasteiger partial charge in [0.25, 0.3) is 0 Å². The summed E-state index contributed by atoms with van der Waals surface area (Å²) in [7, 11) is 0. The van der Waals surface area contributed by atoms with Crippen LogP contribution in [0.1, 0.15) is 26.7 Å². The van der Waals surface area contributed by atoms with Crippen molar-refractivity contribution < 1.29 is 10.4 Å². The summed E-state index contributed by atoms with van der Waals surface area (Å²) < 4.78 is 0. The highest BCUT2D eigenvalue weighted by Crippen LogP contribution is 2.29. The number of allylic oxidation sites excluding steroid dienone is 1. The number of pyridine rings is 1. The largest absolute Gasteiger partial charge is 0.393 e. The maximum absolute atomic E-state index is 9.80. The molecule has 0 bridgehead atoms. The summed E-state index contributed by atoms with van der Waals surface area (Å²) in [6.07, 6.45) is 4.84. The molecule has 2 saturated heterocycles. The second-order valence-corrected chi connectivity index (χ2v) is 7.79. The quantitative estimate of drug-likeness (QED) is 0.599. The van der Waals surface area contributed by atoms with E-state index in [2.05, 4.69) is 44.9 Å².